The van der Waals surface area contributed by atoms with Crippen LogP contribution in [0.1, 0.15) is 12.0 Å². The number of hydrogen-bond acceptors (Lipinski definition) is 3. The normalized spacial score (nSPS) is 16.8. The first-order valence-electron chi connectivity index (χ1n) is 5.54. The number of amides is 1. The number of carbonyl (C=O) groups is 1. The second-order valence-electron chi connectivity index (χ2n) is 4.19. The molecule has 0 radical (unpaired) electrons. The van der Waals surface area contributed by atoms with Gasteiger partial charge in [-0.3, -0.25) is 4.79 Å². The highest BCUT2D eigenvalue weighted by Crippen LogP contribution is 2.24. The molecule has 3 N–H and O–H groups in total. The van der Waals surface area contributed by atoms with E-state index in [1.54, 1.807) is 0 Å². The van der Waals surface area contributed by atoms with Crippen molar-refractivity contribution in [3.05, 3.63) is 23.8 Å². The monoisotopic (exact) mass is 219 g/mol. The zero-order chi connectivity index (χ0) is 11.5. The molecule has 1 aromatic carbocycles. The standard InChI is InChI=1S/C12H17N3O/c1-9-3-4-11(10(13)7-9)15-6-2-5-14-12(16)8-15/h3-4,7H,2,5-6,8,13H2,1H3,(H,14,16). The van der Waals surface area contributed by atoms with E-state index in [1.807, 2.05) is 30.0 Å². The highest BCUT2D eigenvalue weighted by atomic mass is 16.2. The molecule has 1 saturated heterocycles. The summed E-state index contributed by atoms with van der Waals surface area (Å²) < 4.78 is 0. The fourth-order valence-corrected chi connectivity index (χ4v) is 1.97. The molecule has 4 heteroatoms. The fraction of sp³-hybridized carbons (Fsp3) is 0.417. The quantitative estimate of drug-likeness (QED) is 0.690. The number of nitrogens with zero attached hydrogens (tertiary/aromatic N) is 1. The summed E-state index contributed by atoms with van der Waals surface area (Å²) in [5.41, 5.74) is 8.82. The molecule has 0 saturated carbocycles. The van der Waals surface area contributed by atoms with Crippen LogP contribution < -0.4 is 16.0 Å². The van der Waals surface area contributed by atoms with Crippen LogP contribution in [0.15, 0.2) is 18.2 Å². The van der Waals surface area contributed by atoms with Crippen LogP contribution >= 0.6 is 0 Å². The van der Waals surface area contributed by atoms with Gasteiger partial charge in [0.2, 0.25) is 5.91 Å². The molecule has 1 aromatic rings. The molecule has 2 rings (SSSR count). The van der Waals surface area contributed by atoms with Crippen LogP contribution in [0.3, 0.4) is 0 Å². The largest absolute Gasteiger partial charge is 0.397 e. The van der Waals surface area contributed by atoms with E-state index in [2.05, 4.69) is 5.32 Å². The molecule has 0 spiro atoms. The predicted octanol–water partition coefficient (Wildman–Crippen LogP) is 0.904. The van der Waals surface area contributed by atoms with Crippen molar-refractivity contribution in [1.82, 2.24) is 5.32 Å². The summed E-state index contributed by atoms with van der Waals surface area (Å²) in [6.07, 6.45) is 0.957. The van der Waals surface area contributed by atoms with Crippen molar-refractivity contribution < 1.29 is 4.79 Å². The molecule has 0 atom stereocenters. The van der Waals surface area contributed by atoms with Gasteiger partial charge in [-0.1, -0.05) is 6.07 Å². The Morgan fingerprint density at radius 3 is 3.00 bits per heavy atom. The van der Waals surface area contributed by atoms with Gasteiger partial charge in [-0.05, 0) is 31.0 Å². The molecule has 1 aliphatic heterocycles. The highest BCUT2D eigenvalue weighted by Gasteiger charge is 2.16. The molecule has 86 valence electrons. The number of carbonyl (C=O) groups excluding carboxylic acids is 1. The number of aryl methyl sites for hydroxylation is 1. The highest BCUT2D eigenvalue weighted by molar-refractivity contribution is 5.83. The van der Waals surface area contributed by atoms with Crippen molar-refractivity contribution in [3.63, 3.8) is 0 Å². The number of anilines is 2. The fourth-order valence-electron chi connectivity index (χ4n) is 1.97. The number of hydrogen-bond donors (Lipinski definition) is 2. The van der Waals surface area contributed by atoms with Crippen LogP contribution in [0.25, 0.3) is 0 Å². The van der Waals surface area contributed by atoms with Crippen molar-refractivity contribution in [2.75, 3.05) is 30.3 Å². The first-order chi connectivity index (χ1) is 7.66. The van der Waals surface area contributed by atoms with Crippen LogP contribution in [0.4, 0.5) is 11.4 Å². The topological polar surface area (TPSA) is 58.4 Å². The van der Waals surface area contributed by atoms with Gasteiger partial charge in [0.25, 0.3) is 0 Å². The summed E-state index contributed by atoms with van der Waals surface area (Å²) in [6, 6.07) is 5.95. The Morgan fingerprint density at radius 1 is 1.44 bits per heavy atom. The van der Waals surface area contributed by atoms with Gasteiger partial charge in [0.15, 0.2) is 0 Å². The van der Waals surface area contributed by atoms with Gasteiger partial charge in [-0.25, -0.2) is 0 Å². The maximum Gasteiger partial charge on any atom is 0.239 e. The van der Waals surface area contributed by atoms with E-state index < -0.39 is 0 Å². The molecule has 0 unspecified atom stereocenters. The molecule has 4 nitrogen and oxygen atoms in total. The lowest BCUT2D eigenvalue weighted by Gasteiger charge is -2.23. The Labute approximate surface area is 95.4 Å². The third-order valence-electron chi connectivity index (χ3n) is 2.79. The van der Waals surface area contributed by atoms with Crippen LogP contribution in [0, 0.1) is 6.92 Å². The van der Waals surface area contributed by atoms with Crippen molar-refractivity contribution in [2.24, 2.45) is 0 Å². The van der Waals surface area contributed by atoms with Gasteiger partial charge in [0, 0.05) is 13.1 Å². The van der Waals surface area contributed by atoms with Crippen molar-refractivity contribution >= 4 is 17.3 Å². The zero-order valence-electron chi connectivity index (χ0n) is 9.49. The van der Waals surface area contributed by atoms with Crippen LogP contribution in [-0.2, 0) is 4.79 Å². The lowest BCUT2D eigenvalue weighted by atomic mass is 10.1. The van der Waals surface area contributed by atoms with Gasteiger partial charge in [0.1, 0.15) is 0 Å². The minimum Gasteiger partial charge on any atom is -0.397 e. The van der Waals surface area contributed by atoms with Crippen LogP contribution in [0.5, 0.6) is 0 Å². The lowest BCUT2D eigenvalue weighted by Crippen LogP contribution is -2.33. The average molecular weight is 219 g/mol. The Kier molecular flexibility index (Phi) is 2.99. The SMILES string of the molecule is Cc1ccc(N2CCCNC(=O)C2)c(N)c1. The molecule has 0 aromatic heterocycles. The lowest BCUT2D eigenvalue weighted by molar-refractivity contribution is -0.119. The van der Waals surface area contributed by atoms with Gasteiger partial charge >= 0.3 is 0 Å². The maximum absolute atomic E-state index is 11.5. The number of rotatable bonds is 1. The van der Waals surface area contributed by atoms with E-state index in [0.29, 0.717) is 6.54 Å². The predicted molar refractivity (Wildman–Crippen MR) is 65.4 cm³/mol. The summed E-state index contributed by atoms with van der Waals surface area (Å²) in [6.45, 7) is 4.02. The maximum atomic E-state index is 11.5. The second kappa shape index (κ2) is 4.43. The van der Waals surface area contributed by atoms with Crippen LogP contribution in [0.2, 0.25) is 0 Å². The molecule has 0 aliphatic carbocycles. The Morgan fingerprint density at radius 2 is 2.25 bits per heavy atom. The summed E-state index contributed by atoms with van der Waals surface area (Å²) >= 11 is 0. The van der Waals surface area contributed by atoms with Gasteiger partial charge < -0.3 is 16.0 Å². The second-order valence-corrected chi connectivity index (χ2v) is 4.19. The number of nitrogens with two attached hydrogens (primary N) is 1. The summed E-state index contributed by atoms with van der Waals surface area (Å²) in [4.78, 5) is 13.5. The third kappa shape index (κ3) is 2.27. The Balaban J connectivity index is 2.24. The van der Waals surface area contributed by atoms with Gasteiger partial charge in [-0.15, -0.1) is 0 Å². The molecular weight excluding hydrogens is 202 g/mol. The number of nitrogens with one attached hydrogen (secondary N) is 1. The molecule has 1 fully saturated rings. The Hall–Kier alpha value is -1.71. The van der Waals surface area contributed by atoms with Crippen molar-refractivity contribution in [2.45, 2.75) is 13.3 Å². The molecule has 1 heterocycles. The summed E-state index contributed by atoms with van der Waals surface area (Å²) in [5.74, 6) is 0.0671. The van der Waals surface area contributed by atoms with Gasteiger partial charge in [-0.2, -0.15) is 0 Å². The first kappa shape index (κ1) is 10.8. The average Bonchev–Trinajstić information content (AvgIpc) is 2.43. The minimum absolute atomic E-state index is 0.0671. The zero-order valence-corrected chi connectivity index (χ0v) is 9.49. The summed E-state index contributed by atoms with van der Waals surface area (Å²) in [5, 5.41) is 2.85. The first-order valence-corrected chi connectivity index (χ1v) is 5.54. The van der Waals surface area contributed by atoms with E-state index in [4.69, 9.17) is 5.73 Å². The number of nitrogen functional groups attached to an aromatic ring is 1. The van der Waals surface area contributed by atoms with E-state index >= 15 is 0 Å². The minimum atomic E-state index is 0.0671. The summed E-state index contributed by atoms with van der Waals surface area (Å²) in [7, 11) is 0. The Bertz CT molecular complexity index is 403. The molecular formula is C12H17N3O. The van der Waals surface area contributed by atoms with Crippen LogP contribution in [-0.4, -0.2) is 25.5 Å². The molecule has 1 amide bonds. The van der Waals surface area contributed by atoms with Gasteiger partial charge in [0.05, 0.1) is 17.9 Å². The van der Waals surface area contributed by atoms with E-state index in [9.17, 15) is 4.79 Å². The molecule has 1 aliphatic rings. The van der Waals surface area contributed by atoms with E-state index in [0.717, 1.165) is 36.4 Å². The van der Waals surface area contributed by atoms with E-state index in [1.165, 1.54) is 0 Å². The van der Waals surface area contributed by atoms with Crippen molar-refractivity contribution in [3.8, 4) is 0 Å². The van der Waals surface area contributed by atoms with E-state index in [-0.39, 0.29) is 5.91 Å². The van der Waals surface area contributed by atoms with Crippen molar-refractivity contribution in [1.29, 1.82) is 0 Å². The molecule has 16 heavy (non-hydrogen) atoms. The smallest absolute Gasteiger partial charge is 0.239 e. The third-order valence-corrected chi connectivity index (χ3v) is 2.79. The number of benzene rings is 1. The molecule has 0 bridgehead atoms.